The molecule has 0 bridgehead atoms. The maximum atomic E-state index is 12.1. The summed E-state index contributed by atoms with van der Waals surface area (Å²) in [5.74, 6) is -0.0797. The van der Waals surface area contributed by atoms with Crippen LogP contribution in [0.2, 0.25) is 0 Å². The lowest BCUT2D eigenvalue weighted by Crippen LogP contribution is -2.36. The molecule has 1 aliphatic rings. The van der Waals surface area contributed by atoms with Crippen LogP contribution >= 0.6 is 11.3 Å². The molecule has 1 aliphatic heterocycles. The molecule has 3 rings (SSSR count). The standard InChI is InChI=1S/C15H17N5O3S/c1-23-15(22)19-14-18-11-4-6-20(8-12(11)24-14)9-13(21)17-10-3-2-5-16-7-10/h2-3,5,7H,4,6,8-9H2,1H3,(H,17,21)(H,18,19,22). The van der Waals surface area contributed by atoms with Gasteiger partial charge >= 0.3 is 6.09 Å². The molecule has 2 N–H and O–H groups in total. The smallest absolute Gasteiger partial charge is 0.413 e. The Morgan fingerprint density at radius 3 is 3.04 bits per heavy atom. The molecule has 2 amide bonds. The second-order valence-electron chi connectivity index (χ2n) is 5.26. The average Bonchev–Trinajstić information content (AvgIpc) is 2.97. The minimum absolute atomic E-state index is 0.0797. The second kappa shape index (κ2) is 7.37. The molecule has 24 heavy (non-hydrogen) atoms. The number of hydrogen-bond donors (Lipinski definition) is 2. The summed E-state index contributed by atoms with van der Waals surface area (Å²) in [5, 5.41) is 5.92. The Labute approximate surface area is 142 Å². The highest BCUT2D eigenvalue weighted by Crippen LogP contribution is 2.28. The van der Waals surface area contributed by atoms with Crippen LogP contribution in [-0.2, 0) is 22.5 Å². The van der Waals surface area contributed by atoms with Crippen LogP contribution < -0.4 is 10.6 Å². The zero-order valence-electron chi connectivity index (χ0n) is 13.1. The van der Waals surface area contributed by atoms with Crippen LogP contribution in [0, 0.1) is 0 Å². The van der Waals surface area contributed by atoms with Crippen molar-refractivity contribution >= 4 is 34.2 Å². The van der Waals surface area contributed by atoms with E-state index in [0.29, 0.717) is 23.9 Å². The lowest BCUT2D eigenvalue weighted by atomic mass is 10.2. The number of nitrogens with one attached hydrogen (secondary N) is 2. The van der Waals surface area contributed by atoms with Crippen LogP contribution in [0.4, 0.5) is 15.6 Å². The normalized spacial score (nSPS) is 13.9. The quantitative estimate of drug-likeness (QED) is 0.874. The maximum absolute atomic E-state index is 12.1. The van der Waals surface area contributed by atoms with Crippen LogP contribution in [0.15, 0.2) is 24.5 Å². The van der Waals surface area contributed by atoms with E-state index in [0.717, 1.165) is 23.5 Å². The number of carbonyl (C=O) groups excluding carboxylic acids is 2. The van der Waals surface area contributed by atoms with Gasteiger partial charge in [0.2, 0.25) is 5.91 Å². The van der Waals surface area contributed by atoms with Crippen molar-refractivity contribution in [1.82, 2.24) is 14.9 Å². The van der Waals surface area contributed by atoms with Gasteiger partial charge in [-0.1, -0.05) is 11.3 Å². The number of amides is 2. The van der Waals surface area contributed by atoms with Crippen molar-refractivity contribution in [1.29, 1.82) is 0 Å². The number of hydrogen-bond acceptors (Lipinski definition) is 7. The average molecular weight is 347 g/mol. The van der Waals surface area contributed by atoms with Crippen LogP contribution in [0.5, 0.6) is 0 Å². The summed E-state index contributed by atoms with van der Waals surface area (Å²) in [5.41, 5.74) is 1.65. The molecule has 0 saturated heterocycles. The molecule has 0 fully saturated rings. The molecule has 3 heterocycles. The molecule has 126 valence electrons. The summed E-state index contributed by atoms with van der Waals surface area (Å²) >= 11 is 1.41. The van der Waals surface area contributed by atoms with E-state index in [-0.39, 0.29) is 5.91 Å². The van der Waals surface area contributed by atoms with Crippen molar-refractivity contribution < 1.29 is 14.3 Å². The molecule has 2 aromatic heterocycles. The second-order valence-corrected chi connectivity index (χ2v) is 6.34. The molecule has 2 aromatic rings. The van der Waals surface area contributed by atoms with Gasteiger partial charge in [0, 0.05) is 30.6 Å². The first kappa shape index (κ1) is 16.3. The highest BCUT2D eigenvalue weighted by Gasteiger charge is 2.23. The van der Waals surface area contributed by atoms with E-state index in [4.69, 9.17) is 0 Å². The van der Waals surface area contributed by atoms with Crippen LogP contribution in [0.1, 0.15) is 10.6 Å². The zero-order valence-corrected chi connectivity index (χ0v) is 13.9. The Balaban J connectivity index is 1.56. The van der Waals surface area contributed by atoms with Gasteiger partial charge in [0.05, 0.1) is 31.2 Å². The Hall–Kier alpha value is -2.52. The largest absolute Gasteiger partial charge is 0.453 e. The Morgan fingerprint density at radius 1 is 1.42 bits per heavy atom. The summed E-state index contributed by atoms with van der Waals surface area (Å²) in [6.45, 7) is 1.68. The van der Waals surface area contributed by atoms with Crippen LogP contribution in [-0.4, -0.2) is 47.1 Å². The van der Waals surface area contributed by atoms with E-state index in [2.05, 4.69) is 25.3 Å². The Morgan fingerprint density at radius 2 is 2.29 bits per heavy atom. The fraction of sp³-hybridized carbons (Fsp3) is 0.333. The summed E-state index contributed by atoms with van der Waals surface area (Å²) < 4.78 is 4.56. The topological polar surface area (TPSA) is 96.5 Å². The maximum Gasteiger partial charge on any atom is 0.413 e. The fourth-order valence-electron chi connectivity index (χ4n) is 2.42. The molecule has 0 saturated carbocycles. The third-order valence-electron chi connectivity index (χ3n) is 3.52. The summed E-state index contributed by atoms with van der Waals surface area (Å²) in [4.78, 5) is 34.8. The number of ether oxygens (including phenoxy) is 1. The fourth-order valence-corrected chi connectivity index (χ4v) is 3.45. The molecular weight excluding hydrogens is 330 g/mol. The number of fused-ring (bicyclic) bond motifs is 1. The molecular formula is C15H17N5O3S. The first-order valence-electron chi connectivity index (χ1n) is 7.40. The van der Waals surface area contributed by atoms with E-state index in [1.165, 1.54) is 18.4 Å². The van der Waals surface area contributed by atoms with Crippen molar-refractivity contribution in [3.05, 3.63) is 35.1 Å². The SMILES string of the molecule is COC(=O)Nc1nc2c(s1)CN(CC(=O)Nc1cccnc1)CC2. The molecule has 0 atom stereocenters. The van der Waals surface area contributed by atoms with Crippen LogP contribution in [0.25, 0.3) is 0 Å². The third-order valence-corrected chi connectivity index (χ3v) is 4.52. The number of thiazole rings is 1. The number of rotatable bonds is 4. The Bertz CT molecular complexity index is 734. The number of anilines is 2. The first-order valence-corrected chi connectivity index (χ1v) is 8.21. The predicted octanol–water partition coefficient (Wildman–Crippen LogP) is 1.71. The van der Waals surface area contributed by atoms with Gasteiger partial charge in [0.1, 0.15) is 0 Å². The molecule has 0 aromatic carbocycles. The molecule has 0 unspecified atom stereocenters. The summed E-state index contributed by atoms with van der Waals surface area (Å²) in [6, 6.07) is 3.57. The number of nitrogens with zero attached hydrogens (tertiary/aromatic N) is 3. The molecule has 0 aliphatic carbocycles. The molecule has 9 heteroatoms. The van der Waals surface area contributed by atoms with Gasteiger partial charge in [-0.05, 0) is 12.1 Å². The highest BCUT2D eigenvalue weighted by molar-refractivity contribution is 7.15. The van der Waals surface area contributed by atoms with Crippen molar-refractivity contribution in [2.24, 2.45) is 0 Å². The lowest BCUT2D eigenvalue weighted by Gasteiger charge is -2.25. The predicted molar refractivity (Wildman–Crippen MR) is 90.0 cm³/mol. The summed E-state index contributed by atoms with van der Waals surface area (Å²) in [7, 11) is 1.31. The van der Waals surface area contributed by atoms with Crippen LogP contribution in [0.3, 0.4) is 0 Å². The van der Waals surface area contributed by atoms with E-state index >= 15 is 0 Å². The minimum atomic E-state index is -0.534. The number of pyridine rings is 1. The monoisotopic (exact) mass is 347 g/mol. The van der Waals surface area contributed by atoms with Crippen molar-refractivity contribution in [2.75, 3.05) is 30.8 Å². The third kappa shape index (κ3) is 4.06. The van der Waals surface area contributed by atoms with Gasteiger partial charge in [-0.15, -0.1) is 0 Å². The van der Waals surface area contributed by atoms with E-state index in [1.54, 1.807) is 24.5 Å². The first-order chi connectivity index (χ1) is 11.6. The molecule has 0 spiro atoms. The van der Waals surface area contributed by atoms with E-state index in [9.17, 15) is 9.59 Å². The van der Waals surface area contributed by atoms with E-state index < -0.39 is 6.09 Å². The van der Waals surface area contributed by atoms with Gasteiger partial charge in [-0.2, -0.15) is 0 Å². The van der Waals surface area contributed by atoms with Crippen molar-refractivity contribution in [3.8, 4) is 0 Å². The van der Waals surface area contributed by atoms with E-state index in [1.807, 2.05) is 4.90 Å². The zero-order chi connectivity index (χ0) is 16.9. The van der Waals surface area contributed by atoms with Gasteiger partial charge in [0.15, 0.2) is 5.13 Å². The van der Waals surface area contributed by atoms with Gasteiger partial charge in [-0.3, -0.25) is 20.0 Å². The van der Waals surface area contributed by atoms with Gasteiger partial charge in [0.25, 0.3) is 0 Å². The molecule has 0 radical (unpaired) electrons. The number of aromatic nitrogens is 2. The van der Waals surface area contributed by atoms with Gasteiger partial charge in [-0.25, -0.2) is 9.78 Å². The highest BCUT2D eigenvalue weighted by atomic mass is 32.1. The Kier molecular flexibility index (Phi) is 5.02. The van der Waals surface area contributed by atoms with Crippen molar-refractivity contribution in [3.63, 3.8) is 0 Å². The lowest BCUT2D eigenvalue weighted by molar-refractivity contribution is -0.117. The summed E-state index contributed by atoms with van der Waals surface area (Å²) in [6.07, 6.45) is 3.48. The van der Waals surface area contributed by atoms with Gasteiger partial charge < -0.3 is 10.1 Å². The molecule has 8 nitrogen and oxygen atoms in total. The number of methoxy groups -OCH3 is 1. The minimum Gasteiger partial charge on any atom is -0.453 e. The van der Waals surface area contributed by atoms with Crippen molar-refractivity contribution in [2.45, 2.75) is 13.0 Å². The number of carbonyl (C=O) groups is 2.